The van der Waals surface area contributed by atoms with E-state index in [4.69, 9.17) is 19.8 Å². The van der Waals surface area contributed by atoms with Gasteiger partial charge in [0.15, 0.2) is 11.5 Å². The maximum atomic E-state index is 8.82. The molecule has 138 valence electrons. The summed E-state index contributed by atoms with van der Waals surface area (Å²) in [6.07, 6.45) is 9.99. The molecule has 1 rings (SSSR count). The van der Waals surface area contributed by atoms with E-state index in [0.717, 1.165) is 17.6 Å². The maximum absolute atomic E-state index is 8.82. The van der Waals surface area contributed by atoms with Gasteiger partial charge in [-0.05, 0) is 51.0 Å². The third-order valence-electron chi connectivity index (χ3n) is 3.47. The van der Waals surface area contributed by atoms with Crippen molar-refractivity contribution < 1.29 is 24.7 Å². The standard InChI is InChI=1S/C20H28O5/c1-16(7-5-12-20(2,3)25-22)11-14-24-18-10-9-17(8-6-13-21)15-19(18)23-4/h5-6,8-12,15,21-22H,7,13-14H2,1-4H3. The van der Waals surface area contributed by atoms with Crippen LogP contribution in [-0.4, -0.2) is 36.3 Å². The number of hydrogen-bond donors (Lipinski definition) is 2. The Morgan fingerprint density at radius 1 is 1.20 bits per heavy atom. The summed E-state index contributed by atoms with van der Waals surface area (Å²) in [6.45, 7) is 6.00. The number of hydrogen-bond acceptors (Lipinski definition) is 5. The molecular formula is C20H28O5. The molecule has 1 aromatic carbocycles. The molecule has 0 fully saturated rings. The first-order valence-corrected chi connectivity index (χ1v) is 8.16. The highest BCUT2D eigenvalue weighted by Crippen LogP contribution is 2.28. The highest BCUT2D eigenvalue weighted by atomic mass is 17.1. The molecule has 0 radical (unpaired) electrons. The van der Waals surface area contributed by atoms with E-state index in [-0.39, 0.29) is 6.61 Å². The number of methoxy groups -OCH3 is 1. The quantitative estimate of drug-likeness (QED) is 0.376. The summed E-state index contributed by atoms with van der Waals surface area (Å²) in [7, 11) is 1.60. The lowest BCUT2D eigenvalue weighted by Gasteiger charge is -2.14. The summed E-state index contributed by atoms with van der Waals surface area (Å²) in [5, 5.41) is 17.6. The Morgan fingerprint density at radius 2 is 1.96 bits per heavy atom. The van der Waals surface area contributed by atoms with Gasteiger partial charge in [-0.3, -0.25) is 5.26 Å². The van der Waals surface area contributed by atoms with Crippen LogP contribution in [0.4, 0.5) is 0 Å². The predicted octanol–water partition coefficient (Wildman–Crippen LogP) is 4.24. The second kappa shape index (κ2) is 10.7. The van der Waals surface area contributed by atoms with Crippen molar-refractivity contribution in [2.75, 3.05) is 20.3 Å². The van der Waals surface area contributed by atoms with Gasteiger partial charge in [-0.1, -0.05) is 35.9 Å². The molecule has 0 bridgehead atoms. The van der Waals surface area contributed by atoms with Crippen molar-refractivity contribution in [3.8, 4) is 11.5 Å². The molecule has 5 heteroatoms. The average Bonchev–Trinajstić information content (AvgIpc) is 2.60. The van der Waals surface area contributed by atoms with Gasteiger partial charge in [0.1, 0.15) is 12.2 Å². The molecule has 2 N–H and O–H groups in total. The van der Waals surface area contributed by atoms with Crippen LogP contribution >= 0.6 is 0 Å². The third-order valence-corrected chi connectivity index (χ3v) is 3.47. The number of rotatable bonds is 10. The fourth-order valence-corrected chi connectivity index (χ4v) is 2.01. The van der Waals surface area contributed by atoms with Crippen LogP contribution in [0.1, 0.15) is 32.8 Å². The van der Waals surface area contributed by atoms with Crippen LogP contribution in [-0.2, 0) is 4.89 Å². The van der Waals surface area contributed by atoms with Gasteiger partial charge in [-0.25, -0.2) is 4.89 Å². The molecule has 0 aliphatic carbocycles. The summed E-state index contributed by atoms with van der Waals surface area (Å²) in [6, 6.07) is 5.61. The van der Waals surface area contributed by atoms with Crippen LogP contribution in [0.2, 0.25) is 0 Å². The lowest BCUT2D eigenvalue weighted by molar-refractivity contribution is -0.297. The van der Waals surface area contributed by atoms with Gasteiger partial charge in [0.2, 0.25) is 0 Å². The first-order chi connectivity index (χ1) is 11.9. The minimum atomic E-state index is -0.684. The lowest BCUT2D eigenvalue weighted by Crippen LogP contribution is -2.18. The first kappa shape index (κ1) is 21.0. The molecule has 0 aromatic heterocycles. The molecular weight excluding hydrogens is 320 g/mol. The third kappa shape index (κ3) is 8.03. The van der Waals surface area contributed by atoms with Crippen LogP contribution in [0, 0.1) is 0 Å². The SMILES string of the molecule is COc1cc(C=CCO)ccc1OCC=C(C)CC=CC(C)(C)OO. The van der Waals surface area contributed by atoms with E-state index in [9.17, 15) is 0 Å². The minimum absolute atomic E-state index is 0.000691. The molecule has 0 saturated carbocycles. The number of aliphatic hydroxyl groups is 1. The molecule has 0 atom stereocenters. The molecule has 0 spiro atoms. The topological polar surface area (TPSA) is 68.2 Å². The number of allylic oxidation sites excluding steroid dienone is 2. The summed E-state index contributed by atoms with van der Waals surface area (Å²) in [4.78, 5) is 4.35. The Labute approximate surface area is 149 Å². The van der Waals surface area contributed by atoms with Gasteiger partial charge >= 0.3 is 0 Å². The molecule has 5 nitrogen and oxygen atoms in total. The fourth-order valence-electron chi connectivity index (χ4n) is 2.01. The van der Waals surface area contributed by atoms with Crippen molar-refractivity contribution in [3.63, 3.8) is 0 Å². The normalized spacial score (nSPS) is 13.0. The zero-order chi connectivity index (χ0) is 18.7. The van der Waals surface area contributed by atoms with Gasteiger partial charge in [0.25, 0.3) is 0 Å². The van der Waals surface area contributed by atoms with E-state index in [1.54, 1.807) is 27.0 Å². The van der Waals surface area contributed by atoms with Gasteiger partial charge in [0, 0.05) is 0 Å². The van der Waals surface area contributed by atoms with Crippen LogP contribution in [0.25, 0.3) is 6.08 Å². The van der Waals surface area contributed by atoms with Gasteiger partial charge in [0.05, 0.1) is 13.7 Å². The smallest absolute Gasteiger partial charge is 0.161 e. The Morgan fingerprint density at radius 3 is 2.60 bits per heavy atom. The van der Waals surface area contributed by atoms with Crippen LogP contribution in [0.15, 0.2) is 48.1 Å². The van der Waals surface area contributed by atoms with Crippen molar-refractivity contribution in [3.05, 3.63) is 53.6 Å². The highest BCUT2D eigenvalue weighted by Gasteiger charge is 2.12. The summed E-state index contributed by atoms with van der Waals surface area (Å²) >= 11 is 0. The number of aliphatic hydroxyl groups excluding tert-OH is 1. The number of ether oxygens (including phenoxy) is 2. The molecule has 0 unspecified atom stereocenters. The molecule has 0 heterocycles. The first-order valence-electron chi connectivity index (χ1n) is 8.16. The number of benzene rings is 1. The van der Waals surface area contributed by atoms with Crippen LogP contribution < -0.4 is 9.47 Å². The van der Waals surface area contributed by atoms with Crippen molar-refractivity contribution in [2.45, 2.75) is 32.8 Å². The Kier molecular flexibility index (Phi) is 8.99. The average molecular weight is 348 g/mol. The van der Waals surface area contributed by atoms with Crippen molar-refractivity contribution in [1.82, 2.24) is 0 Å². The van der Waals surface area contributed by atoms with Crippen molar-refractivity contribution >= 4 is 6.08 Å². The van der Waals surface area contributed by atoms with E-state index < -0.39 is 5.60 Å². The lowest BCUT2D eigenvalue weighted by atomic mass is 10.1. The van der Waals surface area contributed by atoms with E-state index in [2.05, 4.69) is 4.89 Å². The van der Waals surface area contributed by atoms with Crippen LogP contribution in [0.5, 0.6) is 11.5 Å². The zero-order valence-corrected chi connectivity index (χ0v) is 15.4. The Hall–Kier alpha value is -2.08. The van der Waals surface area contributed by atoms with Crippen LogP contribution in [0.3, 0.4) is 0 Å². The fraction of sp³-hybridized carbons (Fsp3) is 0.400. The van der Waals surface area contributed by atoms with Gasteiger partial charge in [-0.15, -0.1) is 0 Å². The zero-order valence-electron chi connectivity index (χ0n) is 15.4. The molecule has 0 aliphatic rings. The Balaban J connectivity index is 2.61. The second-order valence-corrected chi connectivity index (χ2v) is 6.16. The summed E-state index contributed by atoms with van der Waals surface area (Å²) < 4.78 is 11.1. The molecule has 1 aromatic rings. The molecule has 0 saturated heterocycles. The molecule has 25 heavy (non-hydrogen) atoms. The minimum Gasteiger partial charge on any atom is -0.493 e. The van der Waals surface area contributed by atoms with E-state index in [1.807, 2.05) is 49.4 Å². The second-order valence-electron chi connectivity index (χ2n) is 6.16. The van der Waals surface area contributed by atoms with E-state index in [0.29, 0.717) is 18.1 Å². The highest BCUT2D eigenvalue weighted by molar-refractivity contribution is 5.55. The summed E-state index contributed by atoms with van der Waals surface area (Å²) in [5.74, 6) is 1.31. The predicted molar refractivity (Wildman–Crippen MR) is 99.9 cm³/mol. The van der Waals surface area contributed by atoms with Crippen molar-refractivity contribution in [1.29, 1.82) is 0 Å². The van der Waals surface area contributed by atoms with Gasteiger partial charge in [-0.2, -0.15) is 0 Å². The van der Waals surface area contributed by atoms with Crippen molar-refractivity contribution in [2.24, 2.45) is 0 Å². The van der Waals surface area contributed by atoms with E-state index >= 15 is 0 Å². The monoisotopic (exact) mass is 348 g/mol. The molecule has 0 aliphatic heterocycles. The largest absolute Gasteiger partial charge is 0.493 e. The summed E-state index contributed by atoms with van der Waals surface area (Å²) in [5.41, 5.74) is 1.39. The molecule has 0 amide bonds. The van der Waals surface area contributed by atoms with Gasteiger partial charge < -0.3 is 14.6 Å². The Bertz CT molecular complexity index is 615. The van der Waals surface area contributed by atoms with E-state index in [1.165, 1.54) is 0 Å². The maximum Gasteiger partial charge on any atom is 0.161 e.